The van der Waals surface area contributed by atoms with Gasteiger partial charge in [0.25, 0.3) is 0 Å². The van der Waals surface area contributed by atoms with Crippen molar-refractivity contribution in [1.82, 2.24) is 10.2 Å². The fourth-order valence-corrected chi connectivity index (χ4v) is 3.53. The Labute approximate surface area is 173 Å². The lowest BCUT2D eigenvalue weighted by molar-refractivity contribution is 0.105. The third-order valence-corrected chi connectivity index (χ3v) is 4.98. The van der Waals surface area contributed by atoms with Gasteiger partial charge in [-0.1, -0.05) is 6.07 Å². The Bertz CT molecular complexity index is 570. The molecule has 2 aliphatic heterocycles. The Morgan fingerprint density at radius 2 is 2.12 bits per heavy atom. The summed E-state index contributed by atoms with van der Waals surface area (Å²) in [6.45, 7) is 5.76. The molecule has 3 rings (SSSR count). The summed E-state index contributed by atoms with van der Waals surface area (Å²) in [7, 11) is 3.58. The van der Waals surface area contributed by atoms with Gasteiger partial charge in [-0.3, -0.25) is 4.99 Å². The molecular weight excluding hydrogens is 443 g/mol. The van der Waals surface area contributed by atoms with E-state index in [0.717, 1.165) is 57.5 Å². The van der Waals surface area contributed by atoms with E-state index >= 15 is 0 Å². The average molecular weight is 474 g/mol. The van der Waals surface area contributed by atoms with Gasteiger partial charge in [-0.15, -0.1) is 24.0 Å². The normalized spacial score (nSPS) is 20.7. The molecular formula is C19H31IN4O2. The van der Waals surface area contributed by atoms with Crippen molar-refractivity contribution < 1.29 is 9.47 Å². The summed E-state index contributed by atoms with van der Waals surface area (Å²) in [6, 6.07) is 8.28. The molecule has 26 heavy (non-hydrogen) atoms. The van der Waals surface area contributed by atoms with E-state index in [0.29, 0.717) is 6.10 Å². The summed E-state index contributed by atoms with van der Waals surface area (Å²) in [6.07, 6.45) is 3.88. The first-order chi connectivity index (χ1) is 12.3. The number of nitrogens with zero attached hydrogens (tertiary/aromatic N) is 3. The molecule has 0 aromatic heterocycles. The third kappa shape index (κ3) is 5.64. The Hall–Kier alpha value is -1.22. The molecule has 7 heteroatoms. The summed E-state index contributed by atoms with van der Waals surface area (Å²) < 4.78 is 11.0. The van der Waals surface area contributed by atoms with Crippen molar-refractivity contribution in [3.63, 3.8) is 0 Å². The molecule has 0 saturated carbocycles. The van der Waals surface area contributed by atoms with E-state index in [1.54, 1.807) is 7.11 Å². The first-order valence-electron chi connectivity index (χ1n) is 9.26. The molecule has 1 aromatic rings. The maximum atomic E-state index is 5.69. The van der Waals surface area contributed by atoms with Crippen LogP contribution >= 0.6 is 24.0 Å². The van der Waals surface area contributed by atoms with Crippen LogP contribution in [0.5, 0.6) is 5.75 Å². The highest BCUT2D eigenvalue weighted by molar-refractivity contribution is 14.0. The number of anilines is 1. The minimum atomic E-state index is 0. The fraction of sp³-hybridized carbons (Fsp3) is 0.632. The molecule has 2 fully saturated rings. The van der Waals surface area contributed by atoms with E-state index in [1.807, 2.05) is 19.2 Å². The van der Waals surface area contributed by atoms with Gasteiger partial charge in [0.05, 0.1) is 13.2 Å². The first kappa shape index (κ1) is 21.1. The Morgan fingerprint density at radius 1 is 1.31 bits per heavy atom. The number of rotatable bonds is 5. The van der Waals surface area contributed by atoms with Gasteiger partial charge in [0.15, 0.2) is 5.96 Å². The van der Waals surface area contributed by atoms with Crippen molar-refractivity contribution >= 4 is 35.6 Å². The summed E-state index contributed by atoms with van der Waals surface area (Å²) in [5.41, 5.74) is 1.22. The molecule has 1 N–H and O–H groups in total. The molecule has 0 spiro atoms. The van der Waals surface area contributed by atoms with Gasteiger partial charge in [0.2, 0.25) is 0 Å². The lowest BCUT2D eigenvalue weighted by Gasteiger charge is -2.37. The maximum Gasteiger partial charge on any atom is 0.193 e. The van der Waals surface area contributed by atoms with E-state index in [2.05, 4.69) is 32.2 Å². The highest BCUT2D eigenvalue weighted by atomic mass is 127. The minimum absolute atomic E-state index is 0. The van der Waals surface area contributed by atoms with Crippen molar-refractivity contribution in [3.05, 3.63) is 24.3 Å². The average Bonchev–Trinajstić information content (AvgIpc) is 3.19. The van der Waals surface area contributed by atoms with Crippen LogP contribution in [0.3, 0.4) is 0 Å². The van der Waals surface area contributed by atoms with Crippen LogP contribution in [0.25, 0.3) is 0 Å². The van der Waals surface area contributed by atoms with Crippen molar-refractivity contribution in [3.8, 4) is 5.75 Å². The van der Waals surface area contributed by atoms with E-state index in [-0.39, 0.29) is 24.0 Å². The van der Waals surface area contributed by atoms with Crippen LogP contribution in [0.4, 0.5) is 5.69 Å². The van der Waals surface area contributed by atoms with Crippen molar-refractivity contribution in [2.45, 2.75) is 25.4 Å². The first-order valence-corrected chi connectivity index (χ1v) is 9.26. The number of hydrogen-bond acceptors (Lipinski definition) is 4. The van der Waals surface area contributed by atoms with Gasteiger partial charge >= 0.3 is 0 Å². The van der Waals surface area contributed by atoms with Gasteiger partial charge in [0, 0.05) is 58.1 Å². The van der Waals surface area contributed by atoms with Crippen molar-refractivity contribution in [2.75, 3.05) is 58.4 Å². The smallest absolute Gasteiger partial charge is 0.193 e. The molecule has 1 aromatic carbocycles. The molecule has 6 nitrogen and oxygen atoms in total. The van der Waals surface area contributed by atoms with Crippen LogP contribution < -0.4 is 15.0 Å². The second kappa shape index (κ2) is 10.8. The molecule has 1 unspecified atom stereocenters. The minimum Gasteiger partial charge on any atom is -0.497 e. The molecule has 1 atom stereocenters. The Kier molecular flexibility index (Phi) is 8.77. The molecule has 2 saturated heterocycles. The molecule has 0 bridgehead atoms. The monoisotopic (exact) mass is 474 g/mol. The molecule has 2 heterocycles. The second-order valence-corrected chi connectivity index (χ2v) is 6.57. The Morgan fingerprint density at radius 3 is 2.77 bits per heavy atom. The van der Waals surface area contributed by atoms with Gasteiger partial charge in [0.1, 0.15) is 5.75 Å². The summed E-state index contributed by atoms with van der Waals surface area (Å²) in [4.78, 5) is 9.19. The standard InChI is InChI=1S/C19H30N4O2.HI/c1-20-19(21-9-8-17-7-4-14-25-17)23-12-10-22(11-13-23)16-5-3-6-18(15-16)24-2;/h3,5-6,15,17H,4,7-14H2,1-2H3,(H,20,21);1H. The number of piperazine rings is 1. The van der Waals surface area contributed by atoms with Crippen molar-refractivity contribution in [2.24, 2.45) is 4.99 Å². The largest absolute Gasteiger partial charge is 0.497 e. The van der Waals surface area contributed by atoms with Crippen LogP contribution in [-0.2, 0) is 4.74 Å². The summed E-state index contributed by atoms with van der Waals surface area (Å²) in [5, 5.41) is 3.50. The number of guanidine groups is 1. The number of ether oxygens (including phenoxy) is 2. The zero-order chi connectivity index (χ0) is 17.5. The van der Waals surface area contributed by atoms with E-state index in [1.165, 1.54) is 18.5 Å². The quantitative estimate of drug-likeness (QED) is 0.404. The van der Waals surface area contributed by atoms with Crippen LogP contribution in [0.15, 0.2) is 29.3 Å². The van der Waals surface area contributed by atoms with Crippen LogP contribution in [0.1, 0.15) is 19.3 Å². The topological polar surface area (TPSA) is 49.3 Å². The predicted octanol–water partition coefficient (Wildman–Crippen LogP) is 2.58. The Balaban J connectivity index is 0.00000243. The molecule has 2 aliphatic rings. The van der Waals surface area contributed by atoms with E-state index in [4.69, 9.17) is 9.47 Å². The number of methoxy groups -OCH3 is 1. The number of benzene rings is 1. The maximum absolute atomic E-state index is 5.69. The van der Waals surface area contributed by atoms with E-state index < -0.39 is 0 Å². The highest BCUT2D eigenvalue weighted by Crippen LogP contribution is 2.22. The summed E-state index contributed by atoms with van der Waals surface area (Å²) in [5.74, 6) is 1.91. The predicted molar refractivity (Wildman–Crippen MR) is 117 cm³/mol. The van der Waals surface area contributed by atoms with Gasteiger partial charge in [-0.2, -0.15) is 0 Å². The SMILES string of the molecule is CN=C(NCCC1CCCO1)N1CCN(c2cccc(OC)c2)CC1.I. The molecule has 0 aliphatic carbocycles. The zero-order valence-corrected chi connectivity index (χ0v) is 18.1. The summed E-state index contributed by atoms with van der Waals surface area (Å²) >= 11 is 0. The van der Waals surface area contributed by atoms with Crippen LogP contribution in [-0.4, -0.2) is 70.5 Å². The number of nitrogens with one attached hydrogen (secondary N) is 1. The van der Waals surface area contributed by atoms with Crippen LogP contribution in [0.2, 0.25) is 0 Å². The highest BCUT2D eigenvalue weighted by Gasteiger charge is 2.21. The number of hydrogen-bond donors (Lipinski definition) is 1. The third-order valence-electron chi connectivity index (χ3n) is 4.98. The number of aliphatic imine (C=N–C) groups is 1. The fourth-order valence-electron chi connectivity index (χ4n) is 3.53. The molecule has 146 valence electrons. The van der Waals surface area contributed by atoms with Crippen molar-refractivity contribution in [1.29, 1.82) is 0 Å². The van der Waals surface area contributed by atoms with Gasteiger partial charge in [-0.25, -0.2) is 0 Å². The second-order valence-electron chi connectivity index (χ2n) is 6.57. The van der Waals surface area contributed by atoms with Gasteiger partial charge < -0.3 is 24.6 Å². The van der Waals surface area contributed by atoms with Gasteiger partial charge in [-0.05, 0) is 31.4 Å². The molecule has 0 radical (unpaired) electrons. The lowest BCUT2D eigenvalue weighted by Crippen LogP contribution is -2.52. The molecule has 0 amide bonds. The number of halogens is 1. The zero-order valence-electron chi connectivity index (χ0n) is 15.8. The van der Waals surface area contributed by atoms with Crippen LogP contribution in [0, 0.1) is 0 Å². The lowest BCUT2D eigenvalue weighted by atomic mass is 10.2. The van der Waals surface area contributed by atoms with E-state index in [9.17, 15) is 0 Å².